The average Bonchev–Trinajstić information content (AvgIpc) is 2.69. The molecule has 2 rings (SSSR count). The van der Waals surface area contributed by atoms with Crippen molar-refractivity contribution < 1.29 is 0 Å². The van der Waals surface area contributed by atoms with Crippen molar-refractivity contribution in [3.8, 4) is 0 Å². The summed E-state index contributed by atoms with van der Waals surface area (Å²) in [5.41, 5.74) is 2.68. The largest absolute Gasteiger partial charge is 0.370 e. The molecule has 4 heteroatoms. The zero-order valence-electron chi connectivity index (χ0n) is 11.6. The van der Waals surface area contributed by atoms with E-state index >= 15 is 0 Å². The topological polar surface area (TPSA) is 15.3 Å². The Hall–Kier alpha value is -0.380. The van der Waals surface area contributed by atoms with Crippen LogP contribution in [0.4, 0.5) is 5.69 Å². The van der Waals surface area contributed by atoms with Gasteiger partial charge in [0.15, 0.2) is 0 Å². The van der Waals surface area contributed by atoms with Crippen LogP contribution in [0, 0.1) is 0 Å². The van der Waals surface area contributed by atoms with Crippen molar-refractivity contribution in [2.75, 3.05) is 36.0 Å². The smallest absolute Gasteiger partial charge is 0.0427 e. The van der Waals surface area contributed by atoms with E-state index in [9.17, 15) is 0 Å². The first-order chi connectivity index (χ1) is 9.31. The van der Waals surface area contributed by atoms with Gasteiger partial charge < -0.3 is 10.2 Å². The second kappa shape index (κ2) is 8.03. The van der Waals surface area contributed by atoms with Crippen molar-refractivity contribution >= 4 is 29.1 Å². The Kier molecular flexibility index (Phi) is 6.35. The van der Waals surface area contributed by atoms with Crippen molar-refractivity contribution in [1.82, 2.24) is 5.32 Å². The van der Waals surface area contributed by atoms with Crippen LogP contribution in [0.3, 0.4) is 0 Å². The molecule has 1 heterocycles. The van der Waals surface area contributed by atoms with E-state index in [2.05, 4.69) is 41.0 Å². The molecule has 0 radical (unpaired) electrons. The van der Waals surface area contributed by atoms with Gasteiger partial charge in [-0.05, 0) is 42.8 Å². The number of benzene rings is 1. The van der Waals surface area contributed by atoms with Gasteiger partial charge in [-0.25, -0.2) is 0 Å². The van der Waals surface area contributed by atoms with Crippen LogP contribution in [0.2, 0.25) is 5.02 Å². The molecule has 0 spiro atoms. The molecule has 0 aliphatic carbocycles. The molecular weight excluding hydrogens is 276 g/mol. The third kappa shape index (κ3) is 4.59. The Morgan fingerprint density at radius 1 is 1.32 bits per heavy atom. The van der Waals surface area contributed by atoms with Crippen molar-refractivity contribution in [3.63, 3.8) is 0 Å². The molecule has 2 nitrogen and oxygen atoms in total. The summed E-state index contributed by atoms with van der Waals surface area (Å²) in [4.78, 5) is 2.49. The molecule has 1 fully saturated rings. The molecule has 1 aromatic rings. The van der Waals surface area contributed by atoms with Gasteiger partial charge in [-0.3, -0.25) is 0 Å². The van der Waals surface area contributed by atoms with Gasteiger partial charge in [0.25, 0.3) is 0 Å². The molecule has 1 saturated heterocycles. The minimum Gasteiger partial charge on any atom is -0.370 e. The Bertz CT molecular complexity index is 390. The monoisotopic (exact) mass is 298 g/mol. The third-order valence-electron chi connectivity index (χ3n) is 3.35. The molecular formula is C15H23ClN2S. The van der Waals surface area contributed by atoms with E-state index in [1.807, 2.05) is 6.07 Å². The summed E-state index contributed by atoms with van der Waals surface area (Å²) >= 11 is 8.24. The third-order valence-corrected chi connectivity index (χ3v) is 4.64. The number of hydrogen-bond donors (Lipinski definition) is 1. The lowest BCUT2D eigenvalue weighted by Gasteiger charge is -2.25. The highest BCUT2D eigenvalue weighted by atomic mass is 35.5. The molecule has 106 valence electrons. The minimum atomic E-state index is 0.839. The van der Waals surface area contributed by atoms with Gasteiger partial charge in [0.1, 0.15) is 0 Å². The summed E-state index contributed by atoms with van der Waals surface area (Å²) < 4.78 is 0. The van der Waals surface area contributed by atoms with Crippen LogP contribution in [-0.4, -0.2) is 31.1 Å². The molecule has 0 bridgehead atoms. The van der Waals surface area contributed by atoms with Gasteiger partial charge in [0.2, 0.25) is 0 Å². The number of thioether (sulfide) groups is 1. The van der Waals surface area contributed by atoms with Gasteiger partial charge in [0, 0.05) is 36.1 Å². The van der Waals surface area contributed by atoms with Gasteiger partial charge in [-0.15, -0.1) is 0 Å². The Labute approximate surface area is 125 Å². The van der Waals surface area contributed by atoms with Crippen LogP contribution >= 0.6 is 23.4 Å². The molecule has 1 aliphatic rings. The highest BCUT2D eigenvalue weighted by Gasteiger charge is 2.14. The molecule has 1 N–H and O–H groups in total. The molecule has 0 atom stereocenters. The zero-order valence-corrected chi connectivity index (χ0v) is 13.2. The van der Waals surface area contributed by atoms with Crippen LogP contribution < -0.4 is 10.2 Å². The standard InChI is InChI=1S/C15H23ClN2S/c1-2-6-17-12-13-4-5-14(16)11-15(13)18-7-3-9-19-10-8-18/h4-5,11,17H,2-3,6-10,12H2,1H3. The van der Waals surface area contributed by atoms with E-state index in [0.717, 1.165) is 31.2 Å². The molecule has 0 amide bonds. The molecule has 1 aromatic carbocycles. The second-order valence-electron chi connectivity index (χ2n) is 4.90. The highest BCUT2D eigenvalue weighted by molar-refractivity contribution is 7.99. The van der Waals surface area contributed by atoms with Gasteiger partial charge in [0.05, 0.1) is 0 Å². The van der Waals surface area contributed by atoms with Crippen molar-refractivity contribution in [1.29, 1.82) is 0 Å². The molecule has 0 saturated carbocycles. The number of hydrogen-bond acceptors (Lipinski definition) is 3. The lowest BCUT2D eigenvalue weighted by atomic mass is 10.1. The van der Waals surface area contributed by atoms with E-state index < -0.39 is 0 Å². The first-order valence-electron chi connectivity index (χ1n) is 7.13. The summed E-state index contributed by atoms with van der Waals surface area (Å²) in [6, 6.07) is 6.29. The quantitative estimate of drug-likeness (QED) is 0.833. The van der Waals surface area contributed by atoms with E-state index in [1.165, 1.54) is 35.6 Å². The lowest BCUT2D eigenvalue weighted by Crippen LogP contribution is -2.27. The number of rotatable bonds is 5. The maximum atomic E-state index is 6.19. The maximum absolute atomic E-state index is 6.19. The molecule has 0 aromatic heterocycles. The van der Waals surface area contributed by atoms with Crippen LogP contribution in [0.15, 0.2) is 18.2 Å². The van der Waals surface area contributed by atoms with Gasteiger partial charge in [-0.2, -0.15) is 11.8 Å². The van der Waals surface area contributed by atoms with E-state index in [1.54, 1.807) is 0 Å². The van der Waals surface area contributed by atoms with Crippen molar-refractivity contribution in [2.45, 2.75) is 26.3 Å². The predicted molar refractivity (Wildman–Crippen MR) is 87.6 cm³/mol. The van der Waals surface area contributed by atoms with E-state index in [0.29, 0.717) is 0 Å². The normalized spacial score (nSPS) is 16.4. The fourth-order valence-corrected chi connectivity index (χ4v) is 3.42. The van der Waals surface area contributed by atoms with Crippen LogP contribution in [0.5, 0.6) is 0 Å². The highest BCUT2D eigenvalue weighted by Crippen LogP contribution is 2.27. The Morgan fingerprint density at radius 3 is 3.05 bits per heavy atom. The lowest BCUT2D eigenvalue weighted by molar-refractivity contribution is 0.672. The number of anilines is 1. The molecule has 19 heavy (non-hydrogen) atoms. The summed E-state index contributed by atoms with van der Waals surface area (Å²) in [5.74, 6) is 2.49. The summed E-state index contributed by atoms with van der Waals surface area (Å²) in [5, 5.41) is 4.33. The summed E-state index contributed by atoms with van der Waals surface area (Å²) in [6.07, 6.45) is 2.43. The van der Waals surface area contributed by atoms with Crippen LogP contribution in [0.25, 0.3) is 0 Å². The molecule has 0 unspecified atom stereocenters. The summed E-state index contributed by atoms with van der Waals surface area (Å²) in [6.45, 7) is 6.48. The predicted octanol–water partition coefficient (Wildman–Crippen LogP) is 3.78. The number of nitrogens with zero attached hydrogens (tertiary/aromatic N) is 1. The average molecular weight is 299 g/mol. The number of halogens is 1. The zero-order chi connectivity index (χ0) is 13.5. The summed E-state index contributed by atoms with van der Waals surface area (Å²) in [7, 11) is 0. The van der Waals surface area contributed by atoms with Gasteiger partial charge in [-0.1, -0.05) is 24.6 Å². The Balaban J connectivity index is 2.13. The maximum Gasteiger partial charge on any atom is 0.0427 e. The van der Waals surface area contributed by atoms with E-state index in [-0.39, 0.29) is 0 Å². The van der Waals surface area contributed by atoms with Gasteiger partial charge >= 0.3 is 0 Å². The minimum absolute atomic E-state index is 0.839. The van der Waals surface area contributed by atoms with Crippen LogP contribution in [-0.2, 0) is 6.54 Å². The number of nitrogens with one attached hydrogen (secondary N) is 1. The fraction of sp³-hybridized carbons (Fsp3) is 0.600. The van der Waals surface area contributed by atoms with E-state index in [4.69, 9.17) is 11.6 Å². The first kappa shape index (κ1) is 15.0. The SMILES string of the molecule is CCCNCc1ccc(Cl)cc1N1CCCSCC1. The first-order valence-corrected chi connectivity index (χ1v) is 8.66. The van der Waals surface area contributed by atoms with Crippen molar-refractivity contribution in [3.05, 3.63) is 28.8 Å². The van der Waals surface area contributed by atoms with Crippen LogP contribution in [0.1, 0.15) is 25.3 Å². The second-order valence-corrected chi connectivity index (χ2v) is 6.56. The van der Waals surface area contributed by atoms with Crippen molar-refractivity contribution in [2.24, 2.45) is 0 Å². The Morgan fingerprint density at radius 2 is 2.21 bits per heavy atom. The fourth-order valence-electron chi connectivity index (χ4n) is 2.37. The molecule has 1 aliphatic heterocycles.